The molecule has 0 saturated carbocycles. The highest BCUT2D eigenvalue weighted by Crippen LogP contribution is 2.05. The number of carboxylic acid groups (broad SMARTS) is 4. The lowest BCUT2D eigenvalue weighted by molar-refractivity contribution is -0.142. The van der Waals surface area contributed by atoms with E-state index >= 15 is 0 Å². The van der Waals surface area contributed by atoms with Gasteiger partial charge >= 0.3 is 23.9 Å². The zero-order chi connectivity index (χ0) is 25.8. The second-order valence-electron chi connectivity index (χ2n) is 8.29. The van der Waals surface area contributed by atoms with E-state index < -0.39 is 41.9 Å². The van der Waals surface area contributed by atoms with Crippen LogP contribution in [0.25, 0.3) is 0 Å². The van der Waals surface area contributed by atoms with Crippen LogP contribution < -0.4 is 5.32 Å². The van der Waals surface area contributed by atoms with Crippen molar-refractivity contribution in [2.75, 3.05) is 72.0 Å². The molecule has 0 spiro atoms. The van der Waals surface area contributed by atoms with E-state index in [9.17, 15) is 39.3 Å². The maximum Gasteiger partial charge on any atom is 0.325 e. The first kappa shape index (κ1) is 29.2. The Labute approximate surface area is 197 Å². The van der Waals surface area contributed by atoms with Crippen molar-refractivity contribution in [1.29, 1.82) is 0 Å². The van der Waals surface area contributed by atoms with Crippen LogP contribution in [0.5, 0.6) is 0 Å². The predicted molar refractivity (Wildman–Crippen MR) is 119 cm³/mol. The molecule has 1 aliphatic rings. The molecule has 14 heteroatoms. The van der Waals surface area contributed by atoms with Crippen LogP contribution in [0.2, 0.25) is 0 Å². The molecule has 0 aliphatic carbocycles. The minimum Gasteiger partial charge on any atom is -0.480 e. The summed E-state index contributed by atoms with van der Waals surface area (Å²) in [7, 11) is 0. The van der Waals surface area contributed by atoms with Crippen LogP contribution in [0, 0.1) is 0 Å². The van der Waals surface area contributed by atoms with E-state index in [0.717, 1.165) is 0 Å². The molecule has 194 valence electrons. The molecule has 34 heavy (non-hydrogen) atoms. The highest BCUT2D eigenvalue weighted by molar-refractivity contribution is 5.86. The number of hydrogen-bond donors (Lipinski definition) is 5. The summed E-state index contributed by atoms with van der Waals surface area (Å²) in [5, 5.41) is 39.2. The van der Waals surface area contributed by atoms with Crippen molar-refractivity contribution < 1.29 is 44.4 Å². The van der Waals surface area contributed by atoms with Crippen molar-refractivity contribution >= 4 is 29.8 Å². The Hall–Kier alpha value is -2.81. The first-order valence-corrected chi connectivity index (χ1v) is 11.0. The first-order chi connectivity index (χ1) is 15.9. The molecule has 1 rings (SSSR count). The molecule has 2 atom stereocenters. The van der Waals surface area contributed by atoms with Crippen LogP contribution in [0.15, 0.2) is 0 Å². The van der Waals surface area contributed by atoms with Crippen molar-refractivity contribution in [3.05, 3.63) is 0 Å². The summed E-state index contributed by atoms with van der Waals surface area (Å²) in [6.45, 7) is 4.29. The first-order valence-electron chi connectivity index (χ1n) is 11.0. The maximum absolute atomic E-state index is 12.6. The molecule has 1 saturated heterocycles. The molecule has 1 heterocycles. The van der Waals surface area contributed by atoms with Crippen molar-refractivity contribution in [1.82, 2.24) is 24.9 Å². The van der Waals surface area contributed by atoms with Gasteiger partial charge in [0.05, 0.1) is 25.7 Å². The molecular weight excluding hydrogens is 454 g/mol. The van der Waals surface area contributed by atoms with Gasteiger partial charge in [-0.2, -0.15) is 0 Å². The molecule has 1 aliphatic heterocycles. The molecule has 0 radical (unpaired) electrons. The second kappa shape index (κ2) is 14.5. The van der Waals surface area contributed by atoms with E-state index in [2.05, 4.69) is 5.32 Å². The third-order valence-electron chi connectivity index (χ3n) is 5.60. The third-order valence-corrected chi connectivity index (χ3v) is 5.60. The number of nitrogens with one attached hydrogen (secondary N) is 1. The number of nitrogens with zero attached hydrogens (tertiary/aromatic N) is 4. The van der Waals surface area contributed by atoms with Gasteiger partial charge in [-0.3, -0.25) is 43.6 Å². The average molecular weight is 490 g/mol. The van der Waals surface area contributed by atoms with Gasteiger partial charge in [0.1, 0.15) is 6.04 Å². The van der Waals surface area contributed by atoms with Gasteiger partial charge in [0.15, 0.2) is 0 Å². The lowest BCUT2D eigenvalue weighted by Gasteiger charge is -2.35. The molecule has 0 aromatic carbocycles. The molecule has 1 amide bonds. The summed E-state index contributed by atoms with van der Waals surface area (Å²) in [5.41, 5.74) is 0. The highest BCUT2D eigenvalue weighted by Gasteiger charge is 2.26. The van der Waals surface area contributed by atoms with Gasteiger partial charge in [-0.05, 0) is 13.8 Å². The number of hydrogen-bond acceptors (Lipinski definition) is 9. The van der Waals surface area contributed by atoms with Crippen LogP contribution in [0.4, 0.5) is 0 Å². The normalized spacial score (nSPS) is 19.8. The Morgan fingerprint density at radius 3 is 1.26 bits per heavy atom. The van der Waals surface area contributed by atoms with Crippen LogP contribution in [-0.4, -0.2) is 154 Å². The van der Waals surface area contributed by atoms with E-state index in [1.54, 1.807) is 26.5 Å². The summed E-state index contributed by atoms with van der Waals surface area (Å²) in [4.78, 5) is 64.2. The van der Waals surface area contributed by atoms with E-state index in [1.165, 1.54) is 6.92 Å². The molecule has 0 aromatic rings. The summed E-state index contributed by atoms with van der Waals surface area (Å²) in [6, 6.07) is -1.83. The number of rotatable bonds is 10. The van der Waals surface area contributed by atoms with Crippen molar-refractivity contribution in [3.63, 3.8) is 0 Å². The van der Waals surface area contributed by atoms with E-state index in [1.807, 2.05) is 0 Å². The fraction of sp³-hybridized carbons (Fsp3) is 0.750. The molecule has 2 unspecified atom stereocenters. The minimum atomic E-state index is -1.18. The number of carbonyl (C=O) groups is 5. The van der Waals surface area contributed by atoms with Crippen molar-refractivity contribution in [2.45, 2.75) is 25.9 Å². The van der Waals surface area contributed by atoms with Gasteiger partial charge in [-0.25, -0.2) is 0 Å². The van der Waals surface area contributed by atoms with Gasteiger partial charge in [0.2, 0.25) is 5.91 Å². The third kappa shape index (κ3) is 11.4. The molecule has 5 N–H and O–H groups in total. The summed E-state index contributed by atoms with van der Waals surface area (Å²) >= 11 is 0. The van der Waals surface area contributed by atoms with Gasteiger partial charge in [-0.15, -0.1) is 0 Å². The van der Waals surface area contributed by atoms with Crippen LogP contribution in [0.3, 0.4) is 0 Å². The average Bonchev–Trinajstić information content (AvgIpc) is 2.72. The molecule has 14 nitrogen and oxygen atoms in total. The monoisotopic (exact) mass is 489 g/mol. The number of aliphatic carboxylic acids is 4. The Kier molecular flexibility index (Phi) is 12.4. The fourth-order valence-corrected chi connectivity index (χ4v) is 3.55. The van der Waals surface area contributed by atoms with Crippen LogP contribution in [0.1, 0.15) is 13.8 Å². The van der Waals surface area contributed by atoms with Gasteiger partial charge in [0.25, 0.3) is 0 Å². The lowest BCUT2D eigenvalue weighted by atomic mass is 10.2. The fourth-order valence-electron chi connectivity index (χ4n) is 3.55. The van der Waals surface area contributed by atoms with Crippen LogP contribution in [-0.2, 0) is 24.0 Å². The number of amides is 1. The quantitative estimate of drug-likeness (QED) is 0.215. The van der Waals surface area contributed by atoms with Gasteiger partial charge in [0, 0.05) is 52.4 Å². The van der Waals surface area contributed by atoms with Gasteiger partial charge < -0.3 is 25.7 Å². The standard InChI is InChI=1S/C20H35N5O9/c1-14(20(33)34)21-19(32)15(2)25-9-7-23(12-17(28)29)5-3-22(11-16(26)27)4-6-24(8-10-25)13-18(30)31/h14-15H,3-13H2,1-2H3,(H,21,32)(H,26,27)(H,28,29)(H,30,31)(H,33,34). The predicted octanol–water partition coefficient (Wildman–Crippen LogP) is -2.56. The largest absolute Gasteiger partial charge is 0.480 e. The number of carbonyl (C=O) groups excluding carboxylic acids is 1. The molecule has 0 bridgehead atoms. The molecule has 0 aromatic heterocycles. The molecular formula is C20H35N5O9. The SMILES string of the molecule is CC(NC(=O)C(C)N1CCN(CC(=O)O)CCN(CC(=O)O)CCN(CC(=O)O)CC1)C(=O)O. The zero-order valence-electron chi connectivity index (χ0n) is 19.6. The lowest BCUT2D eigenvalue weighted by Crippen LogP contribution is -2.54. The van der Waals surface area contributed by atoms with Crippen molar-refractivity contribution in [3.8, 4) is 0 Å². The molecule has 1 fully saturated rings. The summed E-state index contributed by atoms with van der Waals surface area (Å²) < 4.78 is 0. The second-order valence-corrected chi connectivity index (χ2v) is 8.29. The smallest absolute Gasteiger partial charge is 0.325 e. The highest BCUT2D eigenvalue weighted by atomic mass is 16.4. The topological polar surface area (TPSA) is 191 Å². The minimum absolute atomic E-state index is 0.257. The Morgan fingerprint density at radius 2 is 0.971 bits per heavy atom. The Morgan fingerprint density at radius 1 is 0.647 bits per heavy atom. The van der Waals surface area contributed by atoms with Gasteiger partial charge in [-0.1, -0.05) is 0 Å². The maximum atomic E-state index is 12.6. The van der Waals surface area contributed by atoms with E-state index in [-0.39, 0.29) is 72.0 Å². The summed E-state index contributed by atoms with van der Waals surface area (Å²) in [5.74, 6) is -4.82. The van der Waals surface area contributed by atoms with E-state index in [0.29, 0.717) is 0 Å². The van der Waals surface area contributed by atoms with E-state index in [4.69, 9.17) is 5.11 Å². The Bertz CT molecular complexity index is 703. The Balaban J connectivity index is 3.06. The zero-order valence-corrected chi connectivity index (χ0v) is 19.6. The van der Waals surface area contributed by atoms with Crippen molar-refractivity contribution in [2.24, 2.45) is 0 Å². The van der Waals surface area contributed by atoms with Crippen LogP contribution >= 0.6 is 0 Å². The summed E-state index contributed by atoms with van der Waals surface area (Å²) in [6.07, 6.45) is 0. The number of carboxylic acids is 4.